The van der Waals surface area contributed by atoms with Crippen LogP contribution in [0, 0.1) is 5.82 Å². The van der Waals surface area contributed by atoms with E-state index in [9.17, 15) is 9.18 Å². The number of piperidine rings is 1. The van der Waals surface area contributed by atoms with E-state index in [1.165, 1.54) is 25.3 Å². The molecule has 0 N–H and O–H groups in total. The van der Waals surface area contributed by atoms with Gasteiger partial charge < -0.3 is 14.2 Å². The maximum absolute atomic E-state index is 13.6. The van der Waals surface area contributed by atoms with E-state index in [4.69, 9.17) is 4.74 Å². The van der Waals surface area contributed by atoms with Crippen LogP contribution in [0.4, 0.5) is 4.39 Å². The number of methoxy groups -OCH3 is 1. The highest BCUT2D eigenvalue weighted by Crippen LogP contribution is 2.28. The molecule has 0 bridgehead atoms. The second kappa shape index (κ2) is 8.34. The molecule has 6 heteroatoms. The Morgan fingerprint density at radius 1 is 1.42 bits per heavy atom. The fraction of sp³-hybridized carbons (Fsp3) is 0.500. The molecular formula is C20H26FN3O2. The third-order valence-corrected chi connectivity index (χ3v) is 4.97. The van der Waals surface area contributed by atoms with E-state index >= 15 is 0 Å². The van der Waals surface area contributed by atoms with Gasteiger partial charge in [0.2, 0.25) is 0 Å². The number of aryl methyl sites for hydroxylation is 1. The summed E-state index contributed by atoms with van der Waals surface area (Å²) in [6, 6.07) is 4.28. The first-order valence-corrected chi connectivity index (χ1v) is 9.28. The van der Waals surface area contributed by atoms with Crippen LogP contribution in [-0.2, 0) is 6.54 Å². The largest absolute Gasteiger partial charge is 0.494 e. The van der Waals surface area contributed by atoms with Gasteiger partial charge in [0.05, 0.1) is 7.11 Å². The zero-order valence-corrected chi connectivity index (χ0v) is 15.4. The molecule has 1 saturated heterocycles. The molecule has 1 aromatic carbocycles. The van der Waals surface area contributed by atoms with Gasteiger partial charge in [-0.25, -0.2) is 9.37 Å². The van der Waals surface area contributed by atoms with Crippen molar-refractivity contribution in [3.8, 4) is 5.75 Å². The first kappa shape index (κ1) is 18.4. The summed E-state index contributed by atoms with van der Waals surface area (Å²) >= 11 is 0. The van der Waals surface area contributed by atoms with Crippen molar-refractivity contribution in [1.82, 2.24) is 14.5 Å². The number of rotatable bonds is 6. The average Bonchev–Trinajstić information content (AvgIpc) is 3.15. The number of hydrogen-bond donors (Lipinski definition) is 0. The smallest absolute Gasteiger partial charge is 0.254 e. The normalized spacial score (nSPS) is 17.3. The Hall–Kier alpha value is -2.37. The summed E-state index contributed by atoms with van der Waals surface area (Å²) in [6.45, 7) is 4.49. The Morgan fingerprint density at radius 3 is 3.04 bits per heavy atom. The number of aromatic nitrogens is 2. The van der Waals surface area contributed by atoms with E-state index in [1.54, 1.807) is 0 Å². The highest BCUT2D eigenvalue weighted by Gasteiger charge is 2.28. The molecule has 2 aromatic rings. The third kappa shape index (κ3) is 3.89. The van der Waals surface area contributed by atoms with E-state index in [0.29, 0.717) is 18.7 Å². The lowest BCUT2D eigenvalue weighted by atomic mass is 9.96. The number of amides is 1. The van der Waals surface area contributed by atoms with Crippen LogP contribution in [0.5, 0.6) is 5.75 Å². The van der Waals surface area contributed by atoms with Crippen molar-refractivity contribution < 1.29 is 13.9 Å². The predicted octanol–water partition coefficient (Wildman–Crippen LogP) is 3.85. The fourth-order valence-corrected chi connectivity index (χ4v) is 3.55. The summed E-state index contributed by atoms with van der Waals surface area (Å²) in [4.78, 5) is 19.3. The lowest BCUT2D eigenvalue weighted by Crippen LogP contribution is -2.39. The Bertz CT molecular complexity index is 759. The van der Waals surface area contributed by atoms with Crippen LogP contribution in [0.3, 0.4) is 0 Å². The maximum atomic E-state index is 13.6. The van der Waals surface area contributed by atoms with Crippen LogP contribution in [0.25, 0.3) is 0 Å². The van der Waals surface area contributed by atoms with Crippen LogP contribution in [0.2, 0.25) is 0 Å². The fourth-order valence-electron chi connectivity index (χ4n) is 3.55. The summed E-state index contributed by atoms with van der Waals surface area (Å²) < 4.78 is 20.8. The molecule has 1 fully saturated rings. The Balaban J connectivity index is 1.74. The second-order valence-electron chi connectivity index (χ2n) is 6.77. The summed E-state index contributed by atoms with van der Waals surface area (Å²) in [5, 5.41) is 0. The molecule has 5 nitrogen and oxygen atoms in total. The molecule has 26 heavy (non-hydrogen) atoms. The van der Waals surface area contributed by atoms with Gasteiger partial charge in [-0.05, 0) is 37.5 Å². The zero-order chi connectivity index (χ0) is 18.5. The monoisotopic (exact) mass is 359 g/mol. The number of benzene rings is 1. The van der Waals surface area contributed by atoms with E-state index in [1.807, 2.05) is 17.3 Å². The number of carbonyl (C=O) groups excluding carboxylic acids is 1. The topological polar surface area (TPSA) is 47.4 Å². The number of nitrogens with zero attached hydrogens (tertiary/aromatic N) is 3. The first-order chi connectivity index (χ1) is 12.6. The number of likely N-dealkylation sites (tertiary alicyclic amines) is 1. The standard InChI is InChI=1S/C20H26FN3O2/c1-3-4-10-23-12-9-22-19(23)16-6-5-11-24(14-16)20(25)15-7-8-17(21)18(13-15)26-2/h7-9,12-13,16H,3-6,10-11,14H2,1-2H3. The van der Waals surface area contributed by atoms with Crippen molar-refractivity contribution in [2.75, 3.05) is 20.2 Å². The van der Waals surface area contributed by atoms with E-state index in [-0.39, 0.29) is 17.6 Å². The molecule has 3 rings (SSSR count). The van der Waals surface area contributed by atoms with Crippen molar-refractivity contribution in [2.24, 2.45) is 0 Å². The molecular weight excluding hydrogens is 333 g/mol. The number of carbonyl (C=O) groups is 1. The summed E-state index contributed by atoms with van der Waals surface area (Å²) in [7, 11) is 1.40. The maximum Gasteiger partial charge on any atom is 0.254 e. The average molecular weight is 359 g/mol. The molecule has 0 saturated carbocycles. The van der Waals surface area contributed by atoms with Crippen molar-refractivity contribution >= 4 is 5.91 Å². The van der Waals surface area contributed by atoms with Crippen molar-refractivity contribution in [3.63, 3.8) is 0 Å². The highest BCUT2D eigenvalue weighted by atomic mass is 19.1. The number of imidazole rings is 1. The minimum atomic E-state index is -0.460. The zero-order valence-electron chi connectivity index (χ0n) is 15.4. The lowest BCUT2D eigenvalue weighted by Gasteiger charge is -2.33. The quantitative estimate of drug-likeness (QED) is 0.787. The number of unbranched alkanes of at least 4 members (excludes halogenated alkanes) is 1. The van der Waals surface area contributed by atoms with Crippen molar-refractivity contribution in [2.45, 2.75) is 45.1 Å². The molecule has 1 amide bonds. The van der Waals surface area contributed by atoms with Crippen molar-refractivity contribution in [1.29, 1.82) is 0 Å². The minimum absolute atomic E-state index is 0.0836. The summed E-state index contributed by atoms with van der Waals surface area (Å²) in [5.74, 6) is 0.854. The van der Waals surface area contributed by atoms with Gasteiger partial charge >= 0.3 is 0 Å². The molecule has 1 unspecified atom stereocenters. The predicted molar refractivity (Wildman–Crippen MR) is 98.0 cm³/mol. The molecule has 0 spiro atoms. The van der Waals surface area contributed by atoms with Crippen LogP contribution in [0.15, 0.2) is 30.6 Å². The van der Waals surface area contributed by atoms with Gasteiger partial charge in [0.1, 0.15) is 5.82 Å². The minimum Gasteiger partial charge on any atom is -0.494 e. The number of ether oxygens (including phenoxy) is 1. The number of halogens is 1. The van der Waals surface area contributed by atoms with Gasteiger partial charge in [0.15, 0.2) is 11.6 Å². The third-order valence-electron chi connectivity index (χ3n) is 4.97. The molecule has 1 atom stereocenters. The molecule has 0 aliphatic carbocycles. The molecule has 2 heterocycles. The molecule has 0 radical (unpaired) electrons. The number of hydrogen-bond acceptors (Lipinski definition) is 3. The lowest BCUT2D eigenvalue weighted by molar-refractivity contribution is 0.0702. The summed E-state index contributed by atoms with van der Waals surface area (Å²) in [6.07, 6.45) is 8.09. The van der Waals surface area contributed by atoms with Crippen LogP contribution in [-0.4, -0.2) is 40.6 Å². The Kier molecular flexibility index (Phi) is 5.91. The molecule has 1 aromatic heterocycles. The Morgan fingerprint density at radius 2 is 2.27 bits per heavy atom. The van der Waals surface area contributed by atoms with Gasteiger partial charge in [-0.15, -0.1) is 0 Å². The molecule has 1 aliphatic rings. The van der Waals surface area contributed by atoms with Gasteiger partial charge in [-0.1, -0.05) is 13.3 Å². The van der Waals surface area contributed by atoms with Crippen LogP contribution >= 0.6 is 0 Å². The van der Waals surface area contributed by atoms with Crippen molar-refractivity contribution in [3.05, 3.63) is 47.8 Å². The molecule has 140 valence electrons. The molecule has 1 aliphatic heterocycles. The van der Waals surface area contributed by atoms with Gasteiger partial charge in [0.25, 0.3) is 5.91 Å². The highest BCUT2D eigenvalue weighted by molar-refractivity contribution is 5.94. The van der Waals surface area contributed by atoms with Gasteiger partial charge in [-0.2, -0.15) is 0 Å². The Labute approximate surface area is 153 Å². The van der Waals surface area contributed by atoms with E-state index < -0.39 is 5.82 Å². The van der Waals surface area contributed by atoms with Crippen LogP contribution in [0.1, 0.15) is 54.7 Å². The SMILES string of the molecule is CCCCn1ccnc1C1CCCN(C(=O)c2ccc(F)c(OC)c2)C1. The van der Waals surface area contributed by atoms with Crippen LogP contribution < -0.4 is 4.74 Å². The van der Waals surface area contributed by atoms with Gasteiger partial charge in [0, 0.05) is 43.5 Å². The first-order valence-electron chi connectivity index (χ1n) is 9.28. The summed E-state index contributed by atoms with van der Waals surface area (Å²) in [5.41, 5.74) is 0.457. The van der Waals surface area contributed by atoms with E-state index in [0.717, 1.165) is 38.1 Å². The van der Waals surface area contributed by atoms with Gasteiger partial charge in [-0.3, -0.25) is 4.79 Å². The second-order valence-corrected chi connectivity index (χ2v) is 6.77. The van der Waals surface area contributed by atoms with E-state index in [2.05, 4.69) is 16.5 Å².